The molecule has 0 aliphatic carbocycles. The molecular formula is C13H17N3O3S. The zero-order valence-corrected chi connectivity index (χ0v) is 12.2. The van der Waals surface area contributed by atoms with Crippen molar-refractivity contribution in [1.82, 2.24) is 9.88 Å². The van der Waals surface area contributed by atoms with E-state index >= 15 is 0 Å². The molecule has 0 radical (unpaired) electrons. The van der Waals surface area contributed by atoms with Crippen LogP contribution >= 0.6 is 0 Å². The van der Waals surface area contributed by atoms with Gasteiger partial charge in [-0.15, -0.1) is 0 Å². The summed E-state index contributed by atoms with van der Waals surface area (Å²) in [5, 5.41) is 3.67. The van der Waals surface area contributed by atoms with Crippen LogP contribution in [0.1, 0.15) is 22.6 Å². The molecule has 0 unspecified atom stereocenters. The summed E-state index contributed by atoms with van der Waals surface area (Å²) in [4.78, 5) is 0. The summed E-state index contributed by atoms with van der Waals surface area (Å²) in [5.74, 6) is 0.382. The highest BCUT2D eigenvalue weighted by Crippen LogP contribution is 2.15. The number of benzene rings is 1. The maximum Gasteiger partial charge on any atom is 0.217 e. The summed E-state index contributed by atoms with van der Waals surface area (Å²) in [6.07, 6.45) is 0. The second-order valence-corrected chi connectivity index (χ2v) is 6.45. The molecule has 20 heavy (non-hydrogen) atoms. The fourth-order valence-electron chi connectivity index (χ4n) is 1.81. The molecule has 0 atom stereocenters. The third kappa shape index (κ3) is 3.58. The predicted molar refractivity (Wildman–Crippen MR) is 76.3 cm³/mol. The number of anilines is 1. The minimum Gasteiger partial charge on any atom is -0.399 e. The highest BCUT2D eigenvalue weighted by molar-refractivity contribution is 7.88. The Labute approximate surface area is 118 Å². The molecule has 0 fully saturated rings. The Morgan fingerprint density at radius 1 is 1.35 bits per heavy atom. The fraction of sp³-hybridized carbons (Fsp3) is 0.308. The third-order valence-corrected chi connectivity index (χ3v) is 4.25. The molecule has 0 aliphatic rings. The van der Waals surface area contributed by atoms with Crippen molar-refractivity contribution in [3.8, 4) is 0 Å². The molecule has 0 saturated carbocycles. The zero-order chi connectivity index (χ0) is 14.8. The van der Waals surface area contributed by atoms with Crippen molar-refractivity contribution in [3.63, 3.8) is 0 Å². The lowest BCUT2D eigenvalue weighted by Crippen LogP contribution is -2.25. The monoisotopic (exact) mass is 295 g/mol. The van der Waals surface area contributed by atoms with Crippen LogP contribution in [0.5, 0.6) is 0 Å². The summed E-state index contributed by atoms with van der Waals surface area (Å²) >= 11 is 0. The van der Waals surface area contributed by atoms with Crippen LogP contribution in [0.4, 0.5) is 5.69 Å². The highest BCUT2D eigenvalue weighted by atomic mass is 32.2. The third-order valence-electron chi connectivity index (χ3n) is 2.99. The van der Waals surface area contributed by atoms with Crippen LogP contribution in [-0.2, 0) is 22.3 Å². The number of nitrogen functional groups attached to an aromatic ring is 1. The van der Waals surface area contributed by atoms with Gasteiger partial charge >= 0.3 is 0 Å². The lowest BCUT2D eigenvalue weighted by atomic mass is 10.1. The van der Waals surface area contributed by atoms with Crippen molar-refractivity contribution in [1.29, 1.82) is 0 Å². The first-order valence-electron chi connectivity index (χ1n) is 6.11. The summed E-state index contributed by atoms with van der Waals surface area (Å²) in [5.41, 5.74) is 8.56. The average molecular weight is 295 g/mol. The number of hydrogen-bond donors (Lipinski definition) is 2. The Morgan fingerprint density at radius 3 is 2.75 bits per heavy atom. The quantitative estimate of drug-likeness (QED) is 0.814. The molecule has 1 aromatic carbocycles. The largest absolute Gasteiger partial charge is 0.399 e. The van der Waals surface area contributed by atoms with Crippen LogP contribution in [0, 0.1) is 13.8 Å². The van der Waals surface area contributed by atoms with Gasteiger partial charge in [-0.25, -0.2) is 13.1 Å². The molecule has 0 amide bonds. The van der Waals surface area contributed by atoms with Gasteiger partial charge in [-0.2, -0.15) is 0 Å². The van der Waals surface area contributed by atoms with Gasteiger partial charge in [0.2, 0.25) is 10.0 Å². The first kappa shape index (κ1) is 14.5. The molecule has 108 valence electrons. The predicted octanol–water partition coefficient (Wildman–Crippen LogP) is 1.49. The Bertz CT molecular complexity index is 707. The molecule has 0 spiro atoms. The van der Waals surface area contributed by atoms with Crippen molar-refractivity contribution in [2.75, 3.05) is 5.73 Å². The van der Waals surface area contributed by atoms with E-state index in [9.17, 15) is 8.42 Å². The fourth-order valence-corrected chi connectivity index (χ4v) is 2.82. The van der Waals surface area contributed by atoms with E-state index in [1.54, 1.807) is 25.1 Å². The smallest absolute Gasteiger partial charge is 0.217 e. The number of hydrogen-bond acceptors (Lipinski definition) is 5. The van der Waals surface area contributed by atoms with E-state index < -0.39 is 10.0 Å². The Kier molecular flexibility index (Phi) is 4.10. The first-order valence-corrected chi connectivity index (χ1v) is 7.76. The second kappa shape index (κ2) is 5.64. The van der Waals surface area contributed by atoms with Gasteiger partial charge in [0.15, 0.2) is 0 Å². The van der Waals surface area contributed by atoms with Crippen LogP contribution in [-0.4, -0.2) is 13.6 Å². The molecule has 0 aliphatic heterocycles. The Hall–Kier alpha value is -1.86. The van der Waals surface area contributed by atoms with E-state index in [4.69, 9.17) is 10.3 Å². The molecule has 0 bridgehead atoms. The summed E-state index contributed by atoms with van der Waals surface area (Å²) in [6.45, 7) is 3.78. The Balaban J connectivity index is 2.04. The molecule has 2 aromatic rings. The zero-order valence-electron chi connectivity index (χ0n) is 11.4. The van der Waals surface area contributed by atoms with Crippen LogP contribution < -0.4 is 10.5 Å². The molecule has 1 heterocycles. The van der Waals surface area contributed by atoms with E-state index in [0.29, 0.717) is 17.1 Å². The molecular weight excluding hydrogens is 278 g/mol. The van der Waals surface area contributed by atoms with Gasteiger partial charge in [-0.3, -0.25) is 0 Å². The van der Waals surface area contributed by atoms with Gasteiger partial charge < -0.3 is 10.3 Å². The van der Waals surface area contributed by atoms with E-state index in [1.165, 1.54) is 0 Å². The molecule has 0 saturated heterocycles. The van der Waals surface area contributed by atoms with Gasteiger partial charge in [0.05, 0.1) is 0 Å². The van der Waals surface area contributed by atoms with Crippen molar-refractivity contribution in [2.45, 2.75) is 26.1 Å². The molecule has 1 aromatic heterocycles. The van der Waals surface area contributed by atoms with E-state index in [1.807, 2.05) is 13.0 Å². The van der Waals surface area contributed by atoms with Crippen LogP contribution in [0.2, 0.25) is 0 Å². The van der Waals surface area contributed by atoms with Gasteiger partial charge in [0.1, 0.15) is 17.2 Å². The van der Waals surface area contributed by atoms with Gasteiger partial charge in [0, 0.05) is 18.3 Å². The molecule has 2 rings (SSSR count). The van der Waals surface area contributed by atoms with Crippen LogP contribution in [0.15, 0.2) is 28.8 Å². The number of aryl methyl sites for hydroxylation is 1. The van der Waals surface area contributed by atoms with E-state index in [0.717, 1.165) is 11.1 Å². The van der Waals surface area contributed by atoms with Gasteiger partial charge in [-0.05, 0) is 31.0 Å². The van der Waals surface area contributed by atoms with Crippen molar-refractivity contribution in [2.24, 2.45) is 0 Å². The standard InChI is InChI=1S/C13H17N3O3S/c1-9-6-12(16-19-9)8-20(17,18)15-7-11-4-3-5-13(14)10(11)2/h3-6,15H,7-8,14H2,1-2H3. The molecule has 3 N–H and O–H groups in total. The first-order chi connectivity index (χ1) is 9.37. The maximum absolute atomic E-state index is 12.0. The van der Waals surface area contributed by atoms with Crippen LogP contribution in [0.3, 0.4) is 0 Å². The van der Waals surface area contributed by atoms with Crippen molar-refractivity contribution >= 4 is 15.7 Å². The highest BCUT2D eigenvalue weighted by Gasteiger charge is 2.15. The van der Waals surface area contributed by atoms with Crippen molar-refractivity contribution in [3.05, 3.63) is 46.8 Å². The number of aromatic nitrogens is 1. The average Bonchev–Trinajstić information content (AvgIpc) is 2.76. The number of rotatable bonds is 5. The number of nitrogens with one attached hydrogen (secondary N) is 1. The number of nitrogens with zero attached hydrogens (tertiary/aromatic N) is 1. The topological polar surface area (TPSA) is 98.2 Å². The minimum atomic E-state index is -3.46. The van der Waals surface area contributed by atoms with Crippen LogP contribution in [0.25, 0.3) is 0 Å². The van der Waals surface area contributed by atoms with Gasteiger partial charge in [-0.1, -0.05) is 17.3 Å². The number of nitrogens with two attached hydrogens (primary N) is 1. The Morgan fingerprint density at radius 2 is 2.10 bits per heavy atom. The summed E-state index contributed by atoms with van der Waals surface area (Å²) in [7, 11) is -3.46. The van der Waals surface area contributed by atoms with Crippen molar-refractivity contribution < 1.29 is 12.9 Å². The normalized spacial score (nSPS) is 11.7. The lowest BCUT2D eigenvalue weighted by molar-refractivity contribution is 0.392. The minimum absolute atomic E-state index is 0.203. The lowest BCUT2D eigenvalue weighted by Gasteiger charge is -2.09. The van der Waals surface area contributed by atoms with Gasteiger partial charge in [0.25, 0.3) is 0 Å². The second-order valence-electron chi connectivity index (χ2n) is 4.64. The molecule has 6 nitrogen and oxygen atoms in total. The van der Waals surface area contributed by atoms with E-state index in [2.05, 4.69) is 9.88 Å². The van der Waals surface area contributed by atoms with E-state index in [-0.39, 0.29) is 12.3 Å². The SMILES string of the molecule is Cc1cc(CS(=O)(=O)NCc2cccc(N)c2C)no1. The number of sulfonamides is 1. The summed E-state index contributed by atoms with van der Waals surface area (Å²) < 4.78 is 31.3. The summed E-state index contributed by atoms with van der Waals surface area (Å²) in [6, 6.07) is 7.03. The maximum atomic E-state index is 12.0. The molecule has 7 heteroatoms.